The molecule has 1 unspecified atom stereocenters. The number of carbonyl (C=O) groups excluding carboxylic acids is 1. The molecule has 0 saturated heterocycles. The van der Waals surface area contributed by atoms with E-state index in [0.29, 0.717) is 18.4 Å². The quantitative estimate of drug-likeness (QED) is 0.736. The summed E-state index contributed by atoms with van der Waals surface area (Å²) < 4.78 is 0. The van der Waals surface area contributed by atoms with E-state index >= 15 is 0 Å². The number of amides is 1. The van der Waals surface area contributed by atoms with Gasteiger partial charge in [0.1, 0.15) is 0 Å². The Balaban J connectivity index is 2.13. The zero-order valence-corrected chi connectivity index (χ0v) is 11.5. The van der Waals surface area contributed by atoms with Crippen LogP contribution in [0.1, 0.15) is 51.5 Å². The van der Waals surface area contributed by atoms with Gasteiger partial charge in [0.2, 0.25) is 5.91 Å². The van der Waals surface area contributed by atoms with Gasteiger partial charge in [-0.2, -0.15) is 0 Å². The highest BCUT2D eigenvalue weighted by molar-refractivity contribution is 5.95. The minimum atomic E-state index is 0.295. The van der Waals surface area contributed by atoms with E-state index in [0.717, 1.165) is 31.4 Å². The lowest BCUT2D eigenvalue weighted by Crippen LogP contribution is -2.42. The Kier molecular flexibility index (Phi) is 4.40. The third-order valence-corrected chi connectivity index (χ3v) is 3.79. The summed E-state index contributed by atoms with van der Waals surface area (Å²) in [5.41, 5.74) is 2.46. The summed E-state index contributed by atoms with van der Waals surface area (Å²) in [6.45, 7) is 4.33. The molecule has 1 atom stereocenters. The molecule has 1 heterocycles. The maximum Gasteiger partial charge on any atom is 0.227 e. The van der Waals surface area contributed by atoms with Crippen molar-refractivity contribution in [1.29, 1.82) is 0 Å². The second-order valence-electron chi connectivity index (χ2n) is 5.24. The normalized spacial score (nSPS) is 18.6. The summed E-state index contributed by atoms with van der Waals surface area (Å²) in [7, 11) is 0. The first-order valence-corrected chi connectivity index (χ1v) is 7.14. The third kappa shape index (κ3) is 2.74. The van der Waals surface area contributed by atoms with Gasteiger partial charge in [-0.15, -0.1) is 0 Å². The first-order valence-electron chi connectivity index (χ1n) is 7.14. The van der Waals surface area contributed by atoms with Crippen LogP contribution in [0.3, 0.4) is 0 Å². The van der Waals surface area contributed by atoms with Crippen LogP contribution in [0.15, 0.2) is 24.3 Å². The smallest absolute Gasteiger partial charge is 0.227 e. The molecule has 18 heavy (non-hydrogen) atoms. The van der Waals surface area contributed by atoms with Gasteiger partial charge in [0.15, 0.2) is 0 Å². The number of hydrogen-bond acceptors (Lipinski definition) is 1. The van der Waals surface area contributed by atoms with Crippen LogP contribution in [0.5, 0.6) is 0 Å². The molecule has 0 saturated carbocycles. The molecule has 2 rings (SSSR count). The summed E-state index contributed by atoms with van der Waals surface area (Å²) in [6, 6.07) is 8.67. The molecule has 1 aromatic rings. The monoisotopic (exact) mass is 245 g/mol. The van der Waals surface area contributed by atoms with Gasteiger partial charge in [0.05, 0.1) is 0 Å². The molecular weight excluding hydrogens is 222 g/mol. The molecular formula is C16H23NO. The maximum absolute atomic E-state index is 12.4. The molecule has 1 amide bonds. The molecule has 1 aromatic carbocycles. The van der Waals surface area contributed by atoms with Gasteiger partial charge in [0, 0.05) is 18.2 Å². The Morgan fingerprint density at radius 2 is 2.11 bits per heavy atom. The Hall–Kier alpha value is -1.31. The molecule has 1 aliphatic heterocycles. The first-order chi connectivity index (χ1) is 8.74. The fourth-order valence-corrected chi connectivity index (χ4v) is 2.72. The summed E-state index contributed by atoms with van der Waals surface area (Å²) in [5, 5.41) is 0. The van der Waals surface area contributed by atoms with Crippen molar-refractivity contribution >= 4 is 11.6 Å². The first kappa shape index (κ1) is 13.1. The van der Waals surface area contributed by atoms with Crippen LogP contribution in [-0.2, 0) is 11.2 Å². The minimum Gasteiger partial charge on any atom is -0.309 e. The molecule has 0 spiro atoms. The van der Waals surface area contributed by atoms with Crippen molar-refractivity contribution in [3.63, 3.8) is 0 Å². The van der Waals surface area contributed by atoms with E-state index in [1.165, 1.54) is 12.0 Å². The number of rotatable bonds is 4. The fraction of sp³-hybridized carbons (Fsp3) is 0.562. The Bertz CT molecular complexity index is 413. The Morgan fingerprint density at radius 3 is 2.89 bits per heavy atom. The van der Waals surface area contributed by atoms with Crippen LogP contribution < -0.4 is 4.90 Å². The van der Waals surface area contributed by atoms with Gasteiger partial charge in [0.25, 0.3) is 0 Å². The van der Waals surface area contributed by atoms with E-state index < -0.39 is 0 Å². The van der Waals surface area contributed by atoms with E-state index in [2.05, 4.69) is 32.0 Å². The second kappa shape index (κ2) is 6.03. The number of nitrogens with zero attached hydrogens (tertiary/aromatic N) is 1. The molecule has 0 aromatic heterocycles. The lowest BCUT2D eigenvalue weighted by atomic mass is 9.96. The van der Waals surface area contributed by atoms with Crippen LogP contribution in [0.25, 0.3) is 0 Å². The van der Waals surface area contributed by atoms with E-state index in [4.69, 9.17) is 0 Å². The third-order valence-electron chi connectivity index (χ3n) is 3.79. The average molecular weight is 245 g/mol. The van der Waals surface area contributed by atoms with Gasteiger partial charge < -0.3 is 4.90 Å². The summed E-state index contributed by atoms with van der Waals surface area (Å²) in [4.78, 5) is 14.4. The Morgan fingerprint density at radius 1 is 1.33 bits per heavy atom. The number of aryl methyl sites for hydroxylation is 1. The highest BCUT2D eigenvalue weighted by Gasteiger charge is 2.27. The number of hydrogen-bond donors (Lipinski definition) is 0. The molecule has 98 valence electrons. The lowest BCUT2D eigenvalue weighted by Gasteiger charge is -2.35. The molecule has 0 radical (unpaired) electrons. The standard InChI is InChI=1S/C16H23NO/c1-3-4-5-10-16(18)17-13(2)11-12-14-8-6-7-9-15(14)17/h6-9,13H,3-5,10-12H2,1-2H3. The predicted molar refractivity (Wildman–Crippen MR) is 75.9 cm³/mol. The molecule has 0 fully saturated rings. The van der Waals surface area contributed by atoms with Crippen LogP contribution >= 0.6 is 0 Å². The number of fused-ring (bicyclic) bond motifs is 1. The van der Waals surface area contributed by atoms with E-state index in [9.17, 15) is 4.79 Å². The fourth-order valence-electron chi connectivity index (χ4n) is 2.72. The van der Waals surface area contributed by atoms with Crippen molar-refractivity contribution in [3.05, 3.63) is 29.8 Å². The van der Waals surface area contributed by atoms with Gasteiger partial charge in [-0.25, -0.2) is 0 Å². The number of benzene rings is 1. The highest BCUT2D eigenvalue weighted by Crippen LogP contribution is 2.31. The van der Waals surface area contributed by atoms with Crippen molar-refractivity contribution in [3.8, 4) is 0 Å². The molecule has 1 aliphatic rings. The average Bonchev–Trinajstić information content (AvgIpc) is 2.38. The van der Waals surface area contributed by atoms with E-state index in [1.54, 1.807) is 0 Å². The summed E-state index contributed by atoms with van der Waals surface area (Å²) in [6.07, 6.45) is 6.19. The molecule has 0 aliphatic carbocycles. The van der Waals surface area contributed by atoms with Crippen LogP contribution in [0.2, 0.25) is 0 Å². The van der Waals surface area contributed by atoms with Crippen molar-refractivity contribution in [1.82, 2.24) is 0 Å². The number of para-hydroxylation sites is 1. The summed E-state index contributed by atoms with van der Waals surface area (Å²) in [5.74, 6) is 0.295. The highest BCUT2D eigenvalue weighted by atomic mass is 16.2. The minimum absolute atomic E-state index is 0.295. The number of anilines is 1. The van der Waals surface area contributed by atoms with E-state index in [1.807, 2.05) is 11.0 Å². The molecule has 0 N–H and O–H groups in total. The molecule has 2 nitrogen and oxygen atoms in total. The van der Waals surface area contributed by atoms with Crippen molar-refractivity contribution in [2.75, 3.05) is 4.90 Å². The molecule has 2 heteroatoms. The topological polar surface area (TPSA) is 20.3 Å². The maximum atomic E-state index is 12.4. The van der Waals surface area contributed by atoms with Crippen molar-refractivity contribution in [2.45, 2.75) is 58.4 Å². The molecule has 0 bridgehead atoms. The van der Waals surface area contributed by atoms with E-state index in [-0.39, 0.29) is 0 Å². The van der Waals surface area contributed by atoms with Crippen molar-refractivity contribution in [2.24, 2.45) is 0 Å². The largest absolute Gasteiger partial charge is 0.309 e. The van der Waals surface area contributed by atoms with Gasteiger partial charge in [-0.05, 0) is 37.8 Å². The summed E-state index contributed by atoms with van der Waals surface area (Å²) >= 11 is 0. The lowest BCUT2D eigenvalue weighted by molar-refractivity contribution is -0.119. The SMILES string of the molecule is CCCCCC(=O)N1c2ccccc2CCC1C. The zero-order chi connectivity index (χ0) is 13.0. The predicted octanol–water partition coefficient (Wildman–Crippen LogP) is 3.93. The van der Waals surface area contributed by atoms with Crippen LogP contribution in [0.4, 0.5) is 5.69 Å². The zero-order valence-electron chi connectivity index (χ0n) is 11.5. The van der Waals surface area contributed by atoms with Gasteiger partial charge in [-0.3, -0.25) is 4.79 Å². The van der Waals surface area contributed by atoms with Crippen molar-refractivity contribution < 1.29 is 4.79 Å². The Labute approximate surface area is 110 Å². The number of carbonyl (C=O) groups is 1. The van der Waals surface area contributed by atoms with Crippen LogP contribution in [0, 0.1) is 0 Å². The number of unbranched alkanes of at least 4 members (excludes halogenated alkanes) is 2. The second-order valence-corrected chi connectivity index (χ2v) is 5.24. The van der Waals surface area contributed by atoms with Gasteiger partial charge in [-0.1, -0.05) is 38.0 Å². The van der Waals surface area contributed by atoms with Crippen LogP contribution in [-0.4, -0.2) is 11.9 Å². The van der Waals surface area contributed by atoms with Gasteiger partial charge >= 0.3 is 0 Å².